The molecule has 3 N–H and O–H groups in total. The second-order valence-electron chi connectivity index (χ2n) is 2.87. The summed E-state index contributed by atoms with van der Waals surface area (Å²) in [5.41, 5.74) is 0. The standard InChI is InChI=1S/C7H13NO4/c9-2-1-5-3-12-4-6(5)8-7(10)11/h5-6,8-9H,1-4H2,(H,10,11)/t5-,6-/m0/s1. The number of carboxylic acid groups (broad SMARTS) is 1. The maximum absolute atomic E-state index is 10.3. The quantitative estimate of drug-likeness (QED) is 0.548. The van der Waals surface area contributed by atoms with Crippen molar-refractivity contribution in [2.75, 3.05) is 19.8 Å². The maximum atomic E-state index is 10.3. The summed E-state index contributed by atoms with van der Waals surface area (Å²) < 4.78 is 5.09. The molecule has 1 aliphatic heterocycles. The van der Waals surface area contributed by atoms with Crippen molar-refractivity contribution in [3.63, 3.8) is 0 Å². The summed E-state index contributed by atoms with van der Waals surface area (Å²) in [5.74, 6) is 0.117. The van der Waals surface area contributed by atoms with Crippen LogP contribution < -0.4 is 5.32 Å². The highest BCUT2D eigenvalue weighted by Crippen LogP contribution is 2.16. The van der Waals surface area contributed by atoms with Crippen molar-refractivity contribution in [3.05, 3.63) is 0 Å². The molecule has 70 valence electrons. The number of nitrogens with one attached hydrogen (secondary N) is 1. The molecule has 0 aromatic rings. The van der Waals surface area contributed by atoms with Crippen LogP contribution in [0.4, 0.5) is 4.79 Å². The van der Waals surface area contributed by atoms with Gasteiger partial charge >= 0.3 is 6.09 Å². The topological polar surface area (TPSA) is 78.8 Å². The van der Waals surface area contributed by atoms with Gasteiger partial charge in [0.1, 0.15) is 0 Å². The third-order valence-electron chi connectivity index (χ3n) is 2.01. The molecule has 2 atom stereocenters. The van der Waals surface area contributed by atoms with Gasteiger partial charge in [-0.25, -0.2) is 4.79 Å². The molecule has 1 aliphatic rings. The average molecular weight is 175 g/mol. The Hall–Kier alpha value is -0.810. The fourth-order valence-corrected chi connectivity index (χ4v) is 1.37. The van der Waals surface area contributed by atoms with Gasteiger partial charge in [-0.15, -0.1) is 0 Å². The van der Waals surface area contributed by atoms with Crippen molar-refractivity contribution in [1.82, 2.24) is 5.32 Å². The van der Waals surface area contributed by atoms with Gasteiger partial charge in [-0.1, -0.05) is 0 Å². The molecule has 0 radical (unpaired) electrons. The van der Waals surface area contributed by atoms with E-state index in [1.807, 2.05) is 0 Å². The van der Waals surface area contributed by atoms with E-state index in [1.54, 1.807) is 0 Å². The third kappa shape index (κ3) is 2.35. The summed E-state index contributed by atoms with van der Waals surface area (Å²) in [4.78, 5) is 10.3. The average Bonchev–Trinajstić information content (AvgIpc) is 2.37. The monoisotopic (exact) mass is 175 g/mol. The number of aliphatic hydroxyl groups excluding tert-OH is 1. The molecule has 1 fully saturated rings. The fourth-order valence-electron chi connectivity index (χ4n) is 1.37. The highest BCUT2D eigenvalue weighted by atomic mass is 16.5. The number of hydrogen-bond acceptors (Lipinski definition) is 3. The maximum Gasteiger partial charge on any atom is 0.404 e. The second-order valence-corrected chi connectivity index (χ2v) is 2.87. The summed E-state index contributed by atoms with van der Waals surface area (Å²) in [7, 11) is 0. The van der Waals surface area contributed by atoms with Gasteiger partial charge in [0.25, 0.3) is 0 Å². The summed E-state index contributed by atoms with van der Waals surface area (Å²) in [5, 5.41) is 19.4. The molecule has 1 amide bonds. The molecule has 0 saturated carbocycles. The summed E-state index contributed by atoms with van der Waals surface area (Å²) in [6, 6.07) is -0.158. The Morgan fingerprint density at radius 2 is 2.33 bits per heavy atom. The van der Waals surface area contributed by atoms with Gasteiger partial charge < -0.3 is 20.3 Å². The number of ether oxygens (including phenoxy) is 1. The Morgan fingerprint density at radius 3 is 2.92 bits per heavy atom. The zero-order valence-corrected chi connectivity index (χ0v) is 6.69. The van der Waals surface area contributed by atoms with Gasteiger partial charge in [0.2, 0.25) is 0 Å². The lowest BCUT2D eigenvalue weighted by Crippen LogP contribution is -2.39. The molecule has 0 aliphatic carbocycles. The van der Waals surface area contributed by atoms with Crippen molar-refractivity contribution < 1.29 is 19.7 Å². The highest BCUT2D eigenvalue weighted by molar-refractivity contribution is 5.64. The van der Waals surface area contributed by atoms with E-state index >= 15 is 0 Å². The molecule has 1 rings (SSSR count). The van der Waals surface area contributed by atoms with Crippen LogP contribution >= 0.6 is 0 Å². The van der Waals surface area contributed by atoms with E-state index in [0.717, 1.165) is 0 Å². The molecule has 0 spiro atoms. The molecule has 5 nitrogen and oxygen atoms in total. The van der Waals surface area contributed by atoms with E-state index in [4.69, 9.17) is 14.9 Å². The van der Waals surface area contributed by atoms with Crippen molar-refractivity contribution >= 4 is 6.09 Å². The van der Waals surface area contributed by atoms with Crippen molar-refractivity contribution in [2.24, 2.45) is 5.92 Å². The minimum atomic E-state index is -1.03. The van der Waals surface area contributed by atoms with Crippen LogP contribution in [-0.2, 0) is 4.74 Å². The van der Waals surface area contributed by atoms with Crippen LogP contribution in [0.15, 0.2) is 0 Å². The van der Waals surface area contributed by atoms with Crippen LogP contribution in [0.1, 0.15) is 6.42 Å². The van der Waals surface area contributed by atoms with E-state index in [9.17, 15) is 4.79 Å². The van der Waals surface area contributed by atoms with Gasteiger partial charge in [0, 0.05) is 12.5 Å². The molecule has 1 saturated heterocycles. The molecular weight excluding hydrogens is 162 g/mol. The fraction of sp³-hybridized carbons (Fsp3) is 0.857. The van der Waals surface area contributed by atoms with E-state index in [-0.39, 0.29) is 18.6 Å². The molecule has 12 heavy (non-hydrogen) atoms. The smallest absolute Gasteiger partial charge is 0.404 e. The molecule has 0 aromatic carbocycles. The van der Waals surface area contributed by atoms with Gasteiger partial charge in [-0.3, -0.25) is 0 Å². The predicted octanol–water partition coefficient (Wildman–Crippen LogP) is -0.349. The SMILES string of the molecule is O=C(O)N[C@H]1COC[C@@H]1CCO. The summed E-state index contributed by atoms with van der Waals surface area (Å²) in [6.07, 6.45) is -0.446. The Kier molecular flexibility index (Phi) is 3.31. The Morgan fingerprint density at radius 1 is 1.58 bits per heavy atom. The van der Waals surface area contributed by atoms with E-state index in [0.29, 0.717) is 19.6 Å². The zero-order valence-electron chi connectivity index (χ0n) is 6.69. The lowest BCUT2D eigenvalue weighted by Gasteiger charge is -2.15. The van der Waals surface area contributed by atoms with Crippen molar-refractivity contribution in [3.8, 4) is 0 Å². The van der Waals surface area contributed by atoms with Crippen molar-refractivity contribution in [1.29, 1.82) is 0 Å². The number of hydrogen-bond donors (Lipinski definition) is 3. The van der Waals surface area contributed by atoms with Crippen LogP contribution in [0.2, 0.25) is 0 Å². The highest BCUT2D eigenvalue weighted by Gasteiger charge is 2.28. The Bertz CT molecular complexity index is 161. The van der Waals surface area contributed by atoms with E-state index in [1.165, 1.54) is 0 Å². The second kappa shape index (κ2) is 4.27. The van der Waals surface area contributed by atoms with E-state index < -0.39 is 6.09 Å². The number of carbonyl (C=O) groups is 1. The van der Waals surface area contributed by atoms with Crippen molar-refractivity contribution in [2.45, 2.75) is 12.5 Å². The van der Waals surface area contributed by atoms with Gasteiger partial charge in [-0.05, 0) is 6.42 Å². The van der Waals surface area contributed by atoms with Crippen LogP contribution in [0.25, 0.3) is 0 Å². The number of aliphatic hydroxyl groups is 1. The first-order valence-electron chi connectivity index (χ1n) is 3.92. The zero-order chi connectivity index (χ0) is 8.97. The number of amides is 1. The molecule has 0 aromatic heterocycles. The summed E-state index contributed by atoms with van der Waals surface area (Å²) >= 11 is 0. The summed E-state index contributed by atoms with van der Waals surface area (Å²) in [6.45, 7) is 1.02. The van der Waals surface area contributed by atoms with Gasteiger partial charge in [0.15, 0.2) is 0 Å². The lowest BCUT2D eigenvalue weighted by molar-refractivity contribution is 0.172. The largest absolute Gasteiger partial charge is 0.465 e. The molecule has 1 heterocycles. The van der Waals surface area contributed by atoms with Crippen LogP contribution in [0, 0.1) is 5.92 Å². The molecule has 0 unspecified atom stereocenters. The minimum absolute atomic E-state index is 0.0752. The number of rotatable bonds is 3. The first kappa shape index (κ1) is 9.28. The first-order valence-corrected chi connectivity index (χ1v) is 3.92. The van der Waals surface area contributed by atoms with Crippen LogP contribution in [-0.4, -0.2) is 42.2 Å². The lowest BCUT2D eigenvalue weighted by atomic mass is 10.0. The molecule has 0 bridgehead atoms. The van der Waals surface area contributed by atoms with Gasteiger partial charge in [0.05, 0.1) is 19.3 Å². The Balaban J connectivity index is 2.35. The Labute approximate surface area is 70.3 Å². The minimum Gasteiger partial charge on any atom is -0.465 e. The predicted molar refractivity (Wildman–Crippen MR) is 41.0 cm³/mol. The molecular formula is C7H13NO4. The van der Waals surface area contributed by atoms with Crippen LogP contribution in [0.5, 0.6) is 0 Å². The van der Waals surface area contributed by atoms with Gasteiger partial charge in [-0.2, -0.15) is 0 Å². The first-order chi connectivity index (χ1) is 5.74. The molecule has 5 heteroatoms. The third-order valence-corrected chi connectivity index (χ3v) is 2.01. The normalized spacial score (nSPS) is 28.8. The van der Waals surface area contributed by atoms with E-state index in [2.05, 4.69) is 5.32 Å². The van der Waals surface area contributed by atoms with Crippen LogP contribution in [0.3, 0.4) is 0 Å².